The number of alkyl halides is 1. The molecule has 2 rings (SSSR count). The second-order valence-electron chi connectivity index (χ2n) is 4.33. The van der Waals surface area contributed by atoms with Crippen LogP contribution in [0.25, 0.3) is 0 Å². The molecule has 1 fully saturated rings. The zero-order valence-electron chi connectivity index (χ0n) is 10.5. The summed E-state index contributed by atoms with van der Waals surface area (Å²) in [6, 6.07) is 4.97. The summed E-state index contributed by atoms with van der Waals surface area (Å²) < 4.78 is 24.7. The minimum Gasteiger partial charge on any atom is -0.377 e. The number of para-hydroxylation sites is 1. The first-order valence-electron chi connectivity index (χ1n) is 5.85. The van der Waals surface area contributed by atoms with Gasteiger partial charge < -0.3 is 14.4 Å². The van der Waals surface area contributed by atoms with Crippen LogP contribution in [0.5, 0.6) is 0 Å². The van der Waals surface area contributed by atoms with Crippen LogP contribution in [0, 0.1) is 5.82 Å². The van der Waals surface area contributed by atoms with Crippen molar-refractivity contribution in [3.8, 4) is 0 Å². The highest BCUT2D eigenvalue weighted by atomic mass is 35.5. The third-order valence-electron chi connectivity index (χ3n) is 3.35. The Balaban J connectivity index is 2.28. The zero-order valence-corrected chi connectivity index (χ0v) is 11.3. The third-order valence-corrected chi connectivity index (χ3v) is 3.64. The number of anilines is 1. The van der Waals surface area contributed by atoms with Gasteiger partial charge in [-0.3, -0.25) is 0 Å². The second kappa shape index (κ2) is 5.87. The molecule has 1 aliphatic heterocycles. The van der Waals surface area contributed by atoms with Gasteiger partial charge in [0, 0.05) is 33.2 Å². The van der Waals surface area contributed by atoms with Crippen molar-refractivity contribution < 1.29 is 13.9 Å². The largest absolute Gasteiger partial charge is 0.377 e. The van der Waals surface area contributed by atoms with Gasteiger partial charge in [0.2, 0.25) is 0 Å². The summed E-state index contributed by atoms with van der Waals surface area (Å²) >= 11 is 5.87. The van der Waals surface area contributed by atoms with Crippen LogP contribution in [0.3, 0.4) is 0 Å². The number of methoxy groups -OCH3 is 2. The van der Waals surface area contributed by atoms with Gasteiger partial charge in [0.15, 0.2) is 0 Å². The fourth-order valence-electron chi connectivity index (χ4n) is 2.40. The van der Waals surface area contributed by atoms with Crippen molar-refractivity contribution in [1.82, 2.24) is 0 Å². The molecule has 1 aromatic rings. The molecule has 0 saturated carbocycles. The number of hydrogen-bond acceptors (Lipinski definition) is 3. The van der Waals surface area contributed by atoms with Gasteiger partial charge in [-0.15, -0.1) is 11.6 Å². The number of nitrogens with zero attached hydrogens (tertiary/aromatic N) is 1. The number of ether oxygens (including phenoxy) is 2. The summed E-state index contributed by atoms with van der Waals surface area (Å²) in [7, 11) is 3.29. The first kappa shape index (κ1) is 13.6. The van der Waals surface area contributed by atoms with Gasteiger partial charge in [0.05, 0.1) is 5.69 Å². The number of rotatable bonds is 4. The van der Waals surface area contributed by atoms with Gasteiger partial charge in [-0.05, 0) is 11.6 Å². The molecular formula is C13H17ClFNO2. The van der Waals surface area contributed by atoms with Crippen molar-refractivity contribution in [2.45, 2.75) is 18.1 Å². The van der Waals surface area contributed by atoms with Crippen LogP contribution in [0.15, 0.2) is 18.2 Å². The molecule has 2 unspecified atom stereocenters. The fraction of sp³-hybridized carbons (Fsp3) is 0.538. The molecule has 0 N–H and O–H groups in total. The molecule has 1 aromatic carbocycles. The molecule has 0 bridgehead atoms. The maximum absolute atomic E-state index is 14.0. The van der Waals surface area contributed by atoms with E-state index in [-0.39, 0.29) is 18.0 Å². The van der Waals surface area contributed by atoms with E-state index in [4.69, 9.17) is 21.1 Å². The van der Waals surface area contributed by atoms with Gasteiger partial charge in [-0.25, -0.2) is 4.39 Å². The smallest absolute Gasteiger partial charge is 0.146 e. The SMILES string of the molecule is COC1CN(c2c(F)cccc2CCl)CC1OC. The van der Waals surface area contributed by atoms with E-state index in [1.807, 2.05) is 11.0 Å². The molecule has 3 nitrogen and oxygen atoms in total. The van der Waals surface area contributed by atoms with Crippen LogP contribution < -0.4 is 4.90 Å². The van der Waals surface area contributed by atoms with E-state index in [2.05, 4.69) is 0 Å². The van der Waals surface area contributed by atoms with Gasteiger partial charge >= 0.3 is 0 Å². The summed E-state index contributed by atoms with van der Waals surface area (Å²) in [6.07, 6.45) is -0.0874. The molecule has 0 amide bonds. The predicted molar refractivity (Wildman–Crippen MR) is 69.8 cm³/mol. The zero-order chi connectivity index (χ0) is 13.1. The lowest BCUT2D eigenvalue weighted by Crippen LogP contribution is -2.27. The standard InChI is InChI=1S/C13H17ClFNO2/c1-17-11-7-16(8-12(11)18-2)13-9(6-14)4-3-5-10(13)15/h3-5,11-12H,6-8H2,1-2H3. The number of halogens is 2. The Morgan fingerprint density at radius 2 is 1.89 bits per heavy atom. The van der Waals surface area contributed by atoms with Crippen molar-refractivity contribution in [3.63, 3.8) is 0 Å². The minimum absolute atomic E-state index is 0.0437. The van der Waals surface area contributed by atoms with Crippen LogP contribution in [-0.2, 0) is 15.4 Å². The molecule has 1 aliphatic rings. The summed E-state index contributed by atoms with van der Waals surface area (Å²) in [5.74, 6) is 0.0403. The molecule has 1 heterocycles. The van der Waals surface area contributed by atoms with Gasteiger partial charge in [-0.2, -0.15) is 0 Å². The van der Waals surface area contributed by atoms with E-state index in [1.165, 1.54) is 6.07 Å². The quantitative estimate of drug-likeness (QED) is 0.787. The first-order chi connectivity index (χ1) is 8.71. The highest BCUT2D eigenvalue weighted by Gasteiger charge is 2.34. The Kier molecular flexibility index (Phi) is 4.43. The molecule has 0 aromatic heterocycles. The Morgan fingerprint density at radius 1 is 1.28 bits per heavy atom. The third kappa shape index (κ3) is 2.46. The monoisotopic (exact) mass is 273 g/mol. The van der Waals surface area contributed by atoms with Gasteiger partial charge in [0.1, 0.15) is 18.0 Å². The molecule has 18 heavy (non-hydrogen) atoms. The van der Waals surface area contributed by atoms with Crippen LogP contribution >= 0.6 is 11.6 Å². The molecule has 0 aliphatic carbocycles. The van der Waals surface area contributed by atoms with E-state index in [9.17, 15) is 4.39 Å². The van der Waals surface area contributed by atoms with E-state index >= 15 is 0 Å². The Hall–Kier alpha value is -0.840. The van der Waals surface area contributed by atoms with Gasteiger partial charge in [0.25, 0.3) is 0 Å². The second-order valence-corrected chi connectivity index (χ2v) is 4.60. The van der Waals surface area contributed by atoms with E-state index < -0.39 is 0 Å². The van der Waals surface area contributed by atoms with E-state index in [0.717, 1.165) is 5.56 Å². The van der Waals surface area contributed by atoms with Crippen LogP contribution in [0.1, 0.15) is 5.56 Å². The average molecular weight is 274 g/mol. The topological polar surface area (TPSA) is 21.7 Å². The van der Waals surface area contributed by atoms with Crippen molar-refractivity contribution in [2.24, 2.45) is 0 Å². The maximum Gasteiger partial charge on any atom is 0.146 e. The van der Waals surface area contributed by atoms with Crippen molar-refractivity contribution >= 4 is 17.3 Å². The minimum atomic E-state index is -0.250. The molecule has 0 spiro atoms. The molecule has 5 heteroatoms. The highest BCUT2D eigenvalue weighted by Crippen LogP contribution is 2.30. The van der Waals surface area contributed by atoms with Crippen molar-refractivity contribution in [2.75, 3.05) is 32.2 Å². The normalized spacial score (nSPS) is 23.7. The van der Waals surface area contributed by atoms with Crippen LogP contribution in [-0.4, -0.2) is 39.5 Å². The fourth-order valence-corrected chi connectivity index (χ4v) is 2.62. The molecule has 100 valence electrons. The highest BCUT2D eigenvalue weighted by molar-refractivity contribution is 6.17. The molecule has 2 atom stereocenters. The average Bonchev–Trinajstić information content (AvgIpc) is 2.81. The Morgan fingerprint density at radius 3 is 2.39 bits per heavy atom. The molecular weight excluding hydrogens is 257 g/mol. The summed E-state index contributed by atoms with van der Waals surface area (Å²) in [4.78, 5) is 1.94. The lowest BCUT2D eigenvalue weighted by molar-refractivity contribution is -0.00461. The first-order valence-corrected chi connectivity index (χ1v) is 6.38. The van der Waals surface area contributed by atoms with Crippen molar-refractivity contribution in [3.05, 3.63) is 29.6 Å². The lowest BCUT2D eigenvalue weighted by atomic mass is 10.1. The molecule has 1 saturated heterocycles. The van der Waals surface area contributed by atoms with Crippen LogP contribution in [0.2, 0.25) is 0 Å². The van der Waals surface area contributed by atoms with E-state index in [1.54, 1.807) is 20.3 Å². The Bertz CT molecular complexity index is 404. The van der Waals surface area contributed by atoms with Crippen molar-refractivity contribution in [1.29, 1.82) is 0 Å². The predicted octanol–water partition coefficient (Wildman–Crippen LogP) is 2.41. The summed E-state index contributed by atoms with van der Waals surface area (Å²) in [5.41, 5.74) is 1.36. The summed E-state index contributed by atoms with van der Waals surface area (Å²) in [5, 5.41) is 0. The molecule has 0 radical (unpaired) electrons. The maximum atomic E-state index is 14.0. The number of hydrogen-bond donors (Lipinski definition) is 0. The van der Waals surface area contributed by atoms with Gasteiger partial charge in [-0.1, -0.05) is 12.1 Å². The lowest BCUT2D eigenvalue weighted by Gasteiger charge is -2.21. The number of benzene rings is 1. The van der Waals surface area contributed by atoms with Crippen LogP contribution in [0.4, 0.5) is 10.1 Å². The summed E-state index contributed by atoms with van der Waals surface area (Å²) in [6.45, 7) is 1.22. The van der Waals surface area contributed by atoms with E-state index in [0.29, 0.717) is 24.7 Å². The Labute approximate surface area is 111 Å².